The second-order valence-corrected chi connectivity index (χ2v) is 5.57. The van der Waals surface area contributed by atoms with Crippen molar-refractivity contribution in [1.82, 2.24) is 0 Å². The smallest absolute Gasteiger partial charge is 0.0581 e. The Kier molecular flexibility index (Phi) is 4.94. The highest BCUT2D eigenvalue weighted by Gasteiger charge is 2.23. The van der Waals surface area contributed by atoms with Crippen LogP contribution in [-0.4, -0.2) is 12.2 Å². The first-order valence-corrected chi connectivity index (χ1v) is 6.23. The van der Waals surface area contributed by atoms with Crippen molar-refractivity contribution >= 4 is 0 Å². The van der Waals surface area contributed by atoms with Gasteiger partial charge in [-0.25, -0.2) is 0 Å². The van der Waals surface area contributed by atoms with Gasteiger partial charge in [0.2, 0.25) is 0 Å². The van der Waals surface area contributed by atoms with Gasteiger partial charge < -0.3 is 4.74 Å². The lowest BCUT2D eigenvalue weighted by molar-refractivity contribution is -0.0654. The molecule has 0 amide bonds. The molecule has 0 aromatic rings. The van der Waals surface area contributed by atoms with Gasteiger partial charge in [-0.15, -0.1) is 0 Å². The largest absolute Gasteiger partial charge is 0.375 e. The molecule has 0 N–H and O–H groups in total. The third-order valence-corrected chi connectivity index (χ3v) is 2.91. The van der Waals surface area contributed by atoms with Gasteiger partial charge in [0.25, 0.3) is 0 Å². The van der Waals surface area contributed by atoms with E-state index >= 15 is 0 Å². The van der Waals surface area contributed by atoms with Gasteiger partial charge in [-0.05, 0) is 43.9 Å². The van der Waals surface area contributed by atoms with Crippen molar-refractivity contribution in [1.29, 1.82) is 0 Å². The molecule has 14 heavy (non-hydrogen) atoms. The van der Waals surface area contributed by atoms with Gasteiger partial charge in [0.1, 0.15) is 0 Å². The van der Waals surface area contributed by atoms with Crippen LogP contribution < -0.4 is 0 Å². The second kappa shape index (κ2) is 5.75. The molecule has 1 fully saturated rings. The summed E-state index contributed by atoms with van der Waals surface area (Å²) in [6, 6.07) is 0. The molecule has 1 rings (SSSR count). The molecule has 0 aliphatic carbocycles. The van der Waals surface area contributed by atoms with E-state index in [9.17, 15) is 0 Å². The SMILES string of the molecule is CC(C)CC1CCCC(CC(C)C)O1. The third kappa shape index (κ3) is 4.45. The Hall–Kier alpha value is -0.0400. The Bertz CT molecular complexity index is 135. The predicted octanol–water partition coefficient (Wildman–Crippen LogP) is 4.02. The summed E-state index contributed by atoms with van der Waals surface area (Å²) in [5.74, 6) is 1.55. The van der Waals surface area contributed by atoms with Crippen LogP contribution >= 0.6 is 0 Å². The van der Waals surface area contributed by atoms with Crippen molar-refractivity contribution in [3.05, 3.63) is 0 Å². The van der Waals surface area contributed by atoms with E-state index in [0.29, 0.717) is 12.2 Å². The van der Waals surface area contributed by atoms with Gasteiger partial charge >= 0.3 is 0 Å². The molecule has 84 valence electrons. The maximum Gasteiger partial charge on any atom is 0.0581 e. The van der Waals surface area contributed by atoms with Crippen LogP contribution in [0.1, 0.15) is 59.8 Å². The van der Waals surface area contributed by atoms with E-state index in [2.05, 4.69) is 27.7 Å². The molecular formula is C13H26O. The van der Waals surface area contributed by atoms with Gasteiger partial charge in [-0.3, -0.25) is 0 Å². The van der Waals surface area contributed by atoms with Crippen LogP contribution in [0.3, 0.4) is 0 Å². The van der Waals surface area contributed by atoms with Gasteiger partial charge in [0.05, 0.1) is 12.2 Å². The lowest BCUT2D eigenvalue weighted by atomic mass is 9.94. The highest BCUT2D eigenvalue weighted by atomic mass is 16.5. The van der Waals surface area contributed by atoms with E-state index in [1.54, 1.807) is 0 Å². The van der Waals surface area contributed by atoms with E-state index in [1.807, 2.05) is 0 Å². The number of hydrogen-bond acceptors (Lipinski definition) is 1. The highest BCUT2D eigenvalue weighted by molar-refractivity contribution is 4.72. The molecule has 0 aromatic heterocycles. The Labute approximate surface area is 89.2 Å². The second-order valence-electron chi connectivity index (χ2n) is 5.57. The Balaban J connectivity index is 2.28. The third-order valence-electron chi connectivity index (χ3n) is 2.91. The van der Waals surface area contributed by atoms with E-state index in [1.165, 1.54) is 32.1 Å². The molecule has 0 saturated carbocycles. The van der Waals surface area contributed by atoms with Crippen molar-refractivity contribution in [3.8, 4) is 0 Å². The summed E-state index contributed by atoms with van der Waals surface area (Å²) in [6.07, 6.45) is 7.53. The molecule has 1 heteroatoms. The van der Waals surface area contributed by atoms with Crippen molar-refractivity contribution in [2.45, 2.75) is 72.0 Å². The number of hydrogen-bond donors (Lipinski definition) is 0. The highest BCUT2D eigenvalue weighted by Crippen LogP contribution is 2.26. The van der Waals surface area contributed by atoms with Crippen molar-refractivity contribution < 1.29 is 4.74 Å². The minimum absolute atomic E-state index is 0.549. The molecule has 1 saturated heterocycles. The van der Waals surface area contributed by atoms with Crippen LogP contribution in [0.25, 0.3) is 0 Å². The normalized spacial score (nSPS) is 28.7. The molecular weight excluding hydrogens is 172 g/mol. The van der Waals surface area contributed by atoms with E-state index in [-0.39, 0.29) is 0 Å². The van der Waals surface area contributed by atoms with Crippen molar-refractivity contribution in [2.75, 3.05) is 0 Å². The molecule has 1 heterocycles. The number of ether oxygens (including phenoxy) is 1. The summed E-state index contributed by atoms with van der Waals surface area (Å²) in [5.41, 5.74) is 0. The summed E-state index contributed by atoms with van der Waals surface area (Å²) < 4.78 is 6.11. The summed E-state index contributed by atoms with van der Waals surface area (Å²) in [4.78, 5) is 0. The monoisotopic (exact) mass is 198 g/mol. The molecule has 1 aliphatic heterocycles. The van der Waals surface area contributed by atoms with Gasteiger partial charge in [-0.1, -0.05) is 27.7 Å². The van der Waals surface area contributed by atoms with Crippen LogP contribution in [0, 0.1) is 11.8 Å². The standard InChI is InChI=1S/C13H26O/c1-10(2)8-12-6-5-7-13(14-12)9-11(3)4/h10-13H,5-9H2,1-4H3. The maximum atomic E-state index is 6.11. The predicted molar refractivity (Wildman–Crippen MR) is 61.4 cm³/mol. The zero-order chi connectivity index (χ0) is 10.6. The van der Waals surface area contributed by atoms with Crippen molar-refractivity contribution in [2.24, 2.45) is 11.8 Å². The number of rotatable bonds is 4. The molecule has 0 spiro atoms. The first kappa shape index (κ1) is 12.0. The van der Waals surface area contributed by atoms with Crippen LogP contribution in [0.2, 0.25) is 0 Å². The fourth-order valence-electron chi connectivity index (χ4n) is 2.38. The van der Waals surface area contributed by atoms with Gasteiger partial charge in [-0.2, -0.15) is 0 Å². The first-order chi connectivity index (χ1) is 6.58. The van der Waals surface area contributed by atoms with Crippen LogP contribution in [0.4, 0.5) is 0 Å². The summed E-state index contributed by atoms with van der Waals surface area (Å²) >= 11 is 0. The molecule has 1 nitrogen and oxygen atoms in total. The summed E-state index contributed by atoms with van der Waals surface area (Å²) in [7, 11) is 0. The van der Waals surface area contributed by atoms with Crippen LogP contribution in [0.15, 0.2) is 0 Å². The minimum atomic E-state index is 0.549. The van der Waals surface area contributed by atoms with E-state index in [4.69, 9.17) is 4.74 Å². The molecule has 0 bridgehead atoms. The van der Waals surface area contributed by atoms with Crippen molar-refractivity contribution in [3.63, 3.8) is 0 Å². The lowest BCUT2D eigenvalue weighted by Crippen LogP contribution is -2.29. The molecule has 2 unspecified atom stereocenters. The molecule has 2 atom stereocenters. The average molecular weight is 198 g/mol. The molecule has 0 aromatic carbocycles. The molecule has 1 aliphatic rings. The lowest BCUT2D eigenvalue weighted by Gasteiger charge is -2.32. The van der Waals surface area contributed by atoms with Gasteiger partial charge in [0, 0.05) is 0 Å². The van der Waals surface area contributed by atoms with Crippen LogP contribution in [-0.2, 0) is 4.74 Å². The average Bonchev–Trinajstić information content (AvgIpc) is 2.01. The zero-order valence-electron chi connectivity index (χ0n) is 10.3. The minimum Gasteiger partial charge on any atom is -0.375 e. The summed E-state index contributed by atoms with van der Waals surface area (Å²) in [6.45, 7) is 9.15. The zero-order valence-corrected chi connectivity index (χ0v) is 10.3. The topological polar surface area (TPSA) is 9.23 Å². The van der Waals surface area contributed by atoms with Crippen LogP contribution in [0.5, 0.6) is 0 Å². The Morgan fingerprint density at radius 3 is 1.71 bits per heavy atom. The fourth-order valence-corrected chi connectivity index (χ4v) is 2.38. The summed E-state index contributed by atoms with van der Waals surface area (Å²) in [5, 5.41) is 0. The fraction of sp³-hybridized carbons (Fsp3) is 1.00. The van der Waals surface area contributed by atoms with E-state index in [0.717, 1.165) is 11.8 Å². The Morgan fingerprint density at radius 2 is 1.36 bits per heavy atom. The quantitative estimate of drug-likeness (QED) is 0.663. The molecule has 0 radical (unpaired) electrons. The maximum absolute atomic E-state index is 6.11. The van der Waals surface area contributed by atoms with E-state index < -0.39 is 0 Å². The Morgan fingerprint density at radius 1 is 0.929 bits per heavy atom. The first-order valence-electron chi connectivity index (χ1n) is 6.23. The van der Waals surface area contributed by atoms with Gasteiger partial charge in [0.15, 0.2) is 0 Å².